The number of benzene rings is 1. The lowest BCUT2D eigenvalue weighted by Crippen LogP contribution is -2.15. The van der Waals surface area contributed by atoms with E-state index >= 15 is 0 Å². The van der Waals surface area contributed by atoms with Gasteiger partial charge in [0.05, 0.1) is 79.3 Å². The van der Waals surface area contributed by atoms with Gasteiger partial charge in [-0.15, -0.1) is 0 Å². The Balaban J connectivity index is 1.70. The number of aldehydes is 1. The lowest BCUT2D eigenvalue weighted by Gasteiger charge is -2.09. The van der Waals surface area contributed by atoms with E-state index in [-0.39, 0.29) is 6.61 Å². The molecule has 0 aromatic heterocycles. The van der Waals surface area contributed by atoms with E-state index in [1.807, 2.05) is 0 Å². The molecule has 1 aromatic rings. The molecule has 1 aromatic carbocycles. The van der Waals surface area contributed by atoms with Crippen molar-refractivity contribution in [3.05, 3.63) is 42.5 Å². The van der Waals surface area contributed by atoms with Crippen molar-refractivity contribution in [3.63, 3.8) is 0 Å². The third-order valence-corrected chi connectivity index (χ3v) is 4.01. The molecular formula is C24H36O10. The van der Waals surface area contributed by atoms with Gasteiger partial charge in [-0.2, -0.15) is 0 Å². The maximum absolute atomic E-state index is 10.8. The Morgan fingerprint density at radius 3 is 1.38 bits per heavy atom. The first kappa shape index (κ1) is 29.7. The second-order valence-corrected chi connectivity index (χ2v) is 6.58. The van der Waals surface area contributed by atoms with E-state index in [0.717, 1.165) is 12.4 Å². The number of hydrogen-bond donors (Lipinski definition) is 0. The second-order valence-electron chi connectivity index (χ2n) is 6.58. The minimum Gasteiger partial charge on any atom is -0.491 e. The Bertz CT molecular complexity index is 635. The summed E-state index contributed by atoms with van der Waals surface area (Å²) in [7, 11) is 0. The van der Waals surface area contributed by atoms with Crippen molar-refractivity contribution in [2.24, 2.45) is 0 Å². The number of rotatable bonds is 24. The molecule has 34 heavy (non-hydrogen) atoms. The van der Waals surface area contributed by atoms with Crippen molar-refractivity contribution >= 4 is 12.3 Å². The minimum atomic E-state index is -0.460. The highest BCUT2D eigenvalue weighted by Gasteiger charge is 1.97. The van der Waals surface area contributed by atoms with Gasteiger partial charge in [-0.05, 0) is 24.3 Å². The summed E-state index contributed by atoms with van der Waals surface area (Å²) in [5, 5.41) is 0. The molecule has 0 bridgehead atoms. The molecule has 0 aliphatic rings. The fourth-order valence-corrected chi connectivity index (χ4v) is 2.32. The van der Waals surface area contributed by atoms with Crippen LogP contribution in [0.5, 0.6) is 5.75 Å². The summed E-state index contributed by atoms with van der Waals surface area (Å²) in [4.78, 5) is 21.4. The van der Waals surface area contributed by atoms with Crippen LogP contribution in [0, 0.1) is 0 Å². The number of carbonyl (C=O) groups excluding carboxylic acids is 2. The summed E-state index contributed by atoms with van der Waals surface area (Å²) < 4.78 is 42.5. The number of hydrogen-bond acceptors (Lipinski definition) is 10. The molecule has 0 aliphatic heterocycles. The molecular weight excluding hydrogens is 448 g/mol. The fraction of sp³-hybridized carbons (Fsp3) is 0.583. The molecule has 10 heteroatoms. The summed E-state index contributed by atoms with van der Waals surface area (Å²) >= 11 is 0. The topological polar surface area (TPSA) is 108 Å². The zero-order valence-corrected chi connectivity index (χ0v) is 19.7. The monoisotopic (exact) mass is 484 g/mol. The average molecular weight is 485 g/mol. The summed E-state index contributed by atoms with van der Waals surface area (Å²) in [6.45, 7) is 9.41. The molecule has 0 saturated carbocycles. The van der Waals surface area contributed by atoms with Crippen LogP contribution in [0.4, 0.5) is 0 Å². The Morgan fingerprint density at radius 2 is 1.00 bits per heavy atom. The van der Waals surface area contributed by atoms with E-state index < -0.39 is 5.97 Å². The number of carbonyl (C=O) groups is 2. The van der Waals surface area contributed by atoms with Gasteiger partial charge in [-0.1, -0.05) is 6.58 Å². The predicted octanol–water partition coefficient (Wildman–Crippen LogP) is 1.71. The molecule has 0 heterocycles. The van der Waals surface area contributed by atoms with Gasteiger partial charge in [-0.3, -0.25) is 4.79 Å². The molecule has 1 rings (SSSR count). The average Bonchev–Trinajstić information content (AvgIpc) is 2.87. The Hall–Kier alpha value is -2.34. The third kappa shape index (κ3) is 18.1. The van der Waals surface area contributed by atoms with Crippen molar-refractivity contribution in [2.75, 3.05) is 92.5 Å². The smallest absolute Gasteiger partial charge is 0.330 e. The van der Waals surface area contributed by atoms with E-state index in [0.29, 0.717) is 97.2 Å². The molecule has 0 N–H and O–H groups in total. The first-order valence-corrected chi connectivity index (χ1v) is 11.2. The van der Waals surface area contributed by atoms with Gasteiger partial charge in [-0.25, -0.2) is 4.79 Å². The SMILES string of the molecule is C=CC(=O)OCCOCCOCCOCCOCCOCCOCCOc1ccc(C=O)cc1. The predicted molar refractivity (Wildman–Crippen MR) is 123 cm³/mol. The molecule has 0 unspecified atom stereocenters. The minimum absolute atomic E-state index is 0.198. The number of esters is 1. The third-order valence-electron chi connectivity index (χ3n) is 4.01. The van der Waals surface area contributed by atoms with Crippen LogP contribution in [0.1, 0.15) is 10.4 Å². The molecule has 0 radical (unpaired) electrons. The normalized spacial score (nSPS) is 10.7. The van der Waals surface area contributed by atoms with Crippen molar-refractivity contribution in [2.45, 2.75) is 0 Å². The van der Waals surface area contributed by atoms with E-state index in [9.17, 15) is 9.59 Å². The van der Waals surface area contributed by atoms with Gasteiger partial charge in [0.1, 0.15) is 25.2 Å². The second kappa shape index (κ2) is 22.5. The van der Waals surface area contributed by atoms with Crippen molar-refractivity contribution in [1.82, 2.24) is 0 Å². The highest BCUT2D eigenvalue weighted by molar-refractivity contribution is 5.81. The van der Waals surface area contributed by atoms with Crippen LogP contribution in [0.2, 0.25) is 0 Å². The van der Waals surface area contributed by atoms with Gasteiger partial charge in [0.15, 0.2) is 0 Å². The highest BCUT2D eigenvalue weighted by Crippen LogP contribution is 2.10. The van der Waals surface area contributed by atoms with Crippen LogP contribution in [0.15, 0.2) is 36.9 Å². The summed E-state index contributed by atoms with van der Waals surface area (Å²) in [5.74, 6) is 0.240. The van der Waals surface area contributed by atoms with E-state index in [4.69, 9.17) is 37.9 Å². The Labute approximate surface area is 201 Å². The lowest BCUT2D eigenvalue weighted by molar-refractivity contribution is -0.139. The van der Waals surface area contributed by atoms with Gasteiger partial charge in [0.25, 0.3) is 0 Å². The maximum atomic E-state index is 10.8. The van der Waals surface area contributed by atoms with Crippen LogP contribution in [-0.4, -0.2) is 105 Å². The molecule has 0 saturated heterocycles. The summed E-state index contributed by atoms with van der Waals surface area (Å²) in [5.41, 5.74) is 0.615. The molecule has 10 nitrogen and oxygen atoms in total. The molecule has 192 valence electrons. The van der Waals surface area contributed by atoms with Gasteiger partial charge in [0.2, 0.25) is 0 Å². The Kier molecular flexibility index (Phi) is 19.6. The van der Waals surface area contributed by atoms with Gasteiger partial charge < -0.3 is 37.9 Å². The molecule has 0 amide bonds. The largest absolute Gasteiger partial charge is 0.491 e. The highest BCUT2D eigenvalue weighted by atomic mass is 16.6. The van der Waals surface area contributed by atoms with Crippen LogP contribution >= 0.6 is 0 Å². The zero-order chi connectivity index (χ0) is 24.5. The van der Waals surface area contributed by atoms with Crippen molar-refractivity contribution in [1.29, 1.82) is 0 Å². The van der Waals surface area contributed by atoms with Crippen molar-refractivity contribution in [3.8, 4) is 5.75 Å². The summed E-state index contributed by atoms with van der Waals surface area (Å²) in [6, 6.07) is 6.91. The van der Waals surface area contributed by atoms with Crippen LogP contribution in [-0.2, 0) is 38.0 Å². The van der Waals surface area contributed by atoms with E-state index in [1.54, 1.807) is 24.3 Å². The van der Waals surface area contributed by atoms with Gasteiger partial charge >= 0.3 is 5.97 Å². The van der Waals surface area contributed by atoms with Crippen LogP contribution in [0.3, 0.4) is 0 Å². The first-order valence-electron chi connectivity index (χ1n) is 11.2. The van der Waals surface area contributed by atoms with Crippen LogP contribution < -0.4 is 4.74 Å². The number of ether oxygens (including phenoxy) is 8. The van der Waals surface area contributed by atoms with Gasteiger partial charge in [0, 0.05) is 11.6 Å². The van der Waals surface area contributed by atoms with Crippen molar-refractivity contribution < 1.29 is 47.5 Å². The van der Waals surface area contributed by atoms with E-state index in [1.165, 1.54) is 0 Å². The quantitative estimate of drug-likeness (QED) is 0.0931. The van der Waals surface area contributed by atoms with E-state index in [2.05, 4.69) is 6.58 Å². The molecule has 0 fully saturated rings. The molecule has 0 aliphatic carbocycles. The Morgan fingerprint density at radius 1 is 0.618 bits per heavy atom. The molecule has 0 spiro atoms. The first-order chi connectivity index (χ1) is 16.8. The maximum Gasteiger partial charge on any atom is 0.330 e. The zero-order valence-electron chi connectivity index (χ0n) is 19.7. The molecule has 0 atom stereocenters. The fourth-order valence-electron chi connectivity index (χ4n) is 2.32. The lowest BCUT2D eigenvalue weighted by atomic mass is 10.2. The van der Waals surface area contributed by atoms with Crippen LogP contribution in [0.25, 0.3) is 0 Å². The summed E-state index contributed by atoms with van der Waals surface area (Å²) in [6.07, 6.45) is 1.90. The standard InChI is InChI=1S/C24H36O10/c1-2-24(26)34-20-18-32-16-14-30-12-10-28-8-7-27-9-11-29-13-15-31-17-19-33-23-5-3-22(21-25)4-6-23/h2-6,21H,1,7-20H2.